The molecule has 2 aromatic rings. The number of carbonyl (C=O) groups excluding carboxylic acids is 1. The third-order valence-corrected chi connectivity index (χ3v) is 5.30. The highest BCUT2D eigenvalue weighted by Gasteiger charge is 2.18. The summed E-state index contributed by atoms with van der Waals surface area (Å²) >= 11 is 5.30. The van der Waals surface area contributed by atoms with Gasteiger partial charge in [0.05, 0.1) is 14.2 Å². The van der Waals surface area contributed by atoms with Crippen molar-refractivity contribution in [3.05, 3.63) is 48.0 Å². The van der Waals surface area contributed by atoms with Gasteiger partial charge in [-0.15, -0.1) is 0 Å². The summed E-state index contributed by atoms with van der Waals surface area (Å²) in [5.41, 5.74) is 2.44. The molecule has 0 aliphatic carbocycles. The molecule has 0 aromatic heterocycles. The lowest BCUT2D eigenvalue weighted by molar-refractivity contribution is 0.0977. The zero-order valence-electron chi connectivity index (χ0n) is 17.0. The van der Waals surface area contributed by atoms with Crippen molar-refractivity contribution in [3.63, 3.8) is 0 Å². The molecule has 3 rings (SSSR count). The molecule has 7 heteroatoms. The van der Waals surface area contributed by atoms with E-state index in [1.165, 1.54) is 39.2 Å². The average Bonchev–Trinajstić information content (AvgIpc) is 2.74. The van der Waals surface area contributed by atoms with Crippen LogP contribution in [0.5, 0.6) is 11.5 Å². The molecule has 0 unspecified atom stereocenters. The number of nitrogens with one attached hydrogen (secondary N) is 2. The number of amides is 1. The molecule has 2 aromatic carbocycles. The summed E-state index contributed by atoms with van der Waals surface area (Å²) in [5, 5.41) is 5.98. The maximum Gasteiger partial charge on any atom is 0.257 e. The molecule has 2 N–H and O–H groups in total. The number of methoxy groups -OCH3 is 2. The first-order valence-corrected chi connectivity index (χ1v) is 10.1. The van der Waals surface area contributed by atoms with Crippen molar-refractivity contribution < 1.29 is 14.3 Å². The summed E-state index contributed by atoms with van der Waals surface area (Å²) in [6, 6.07) is 13.7. The van der Waals surface area contributed by atoms with Gasteiger partial charge in [-0.2, -0.15) is 0 Å². The van der Waals surface area contributed by atoms with Gasteiger partial charge in [0.1, 0.15) is 11.5 Å². The topological polar surface area (TPSA) is 62.8 Å². The summed E-state index contributed by atoms with van der Waals surface area (Å²) in [5.74, 6) is 0.741. The second-order valence-corrected chi connectivity index (χ2v) is 7.50. The van der Waals surface area contributed by atoms with Gasteiger partial charge in [-0.25, -0.2) is 0 Å². The molecule has 1 fully saturated rings. The minimum Gasteiger partial charge on any atom is -0.497 e. The number of ether oxygens (including phenoxy) is 2. The predicted molar refractivity (Wildman–Crippen MR) is 120 cm³/mol. The summed E-state index contributed by atoms with van der Waals surface area (Å²) in [7, 11) is 3.08. The molecular weight excluding hydrogens is 386 g/mol. The lowest BCUT2D eigenvalue weighted by Crippen LogP contribution is -2.37. The first kappa shape index (κ1) is 20.9. The molecule has 1 atom stereocenters. The van der Waals surface area contributed by atoms with E-state index in [0.717, 1.165) is 12.2 Å². The van der Waals surface area contributed by atoms with Gasteiger partial charge in [-0.1, -0.05) is 0 Å². The van der Waals surface area contributed by atoms with Gasteiger partial charge in [-0.05, 0) is 74.8 Å². The zero-order chi connectivity index (χ0) is 20.8. The van der Waals surface area contributed by atoms with E-state index in [1.54, 1.807) is 18.2 Å². The smallest absolute Gasteiger partial charge is 0.257 e. The Bertz CT molecular complexity index is 848. The number of piperidine rings is 1. The fraction of sp³-hybridized carbons (Fsp3) is 0.364. The first-order valence-electron chi connectivity index (χ1n) is 9.72. The molecule has 154 valence electrons. The molecule has 29 heavy (non-hydrogen) atoms. The molecule has 0 bridgehead atoms. The van der Waals surface area contributed by atoms with Crippen LogP contribution in [-0.2, 0) is 0 Å². The van der Waals surface area contributed by atoms with Crippen LogP contribution >= 0.6 is 12.2 Å². The number of nitrogens with zero attached hydrogens (tertiary/aromatic N) is 1. The minimum absolute atomic E-state index is 0.232. The van der Waals surface area contributed by atoms with Crippen molar-refractivity contribution in [1.82, 2.24) is 5.32 Å². The first-order chi connectivity index (χ1) is 14.0. The van der Waals surface area contributed by atoms with E-state index in [2.05, 4.69) is 34.6 Å². The average molecular weight is 414 g/mol. The van der Waals surface area contributed by atoms with Gasteiger partial charge in [0.2, 0.25) is 0 Å². The fourth-order valence-corrected chi connectivity index (χ4v) is 3.70. The fourth-order valence-electron chi connectivity index (χ4n) is 3.49. The van der Waals surface area contributed by atoms with Crippen LogP contribution in [-0.4, -0.2) is 37.8 Å². The minimum atomic E-state index is -0.335. The maximum absolute atomic E-state index is 12.5. The number of anilines is 2. The van der Waals surface area contributed by atoms with Crippen LogP contribution in [0.15, 0.2) is 42.5 Å². The SMILES string of the molecule is COc1cc(OC)cc(C(=O)NC(=S)Nc2ccc(N3CCCC[C@H]3C)cc2)c1. The maximum atomic E-state index is 12.5. The lowest BCUT2D eigenvalue weighted by Gasteiger charge is -2.35. The number of hydrogen-bond acceptors (Lipinski definition) is 5. The van der Waals surface area contributed by atoms with Crippen molar-refractivity contribution in [2.45, 2.75) is 32.2 Å². The standard InChI is InChI=1S/C22H27N3O3S/c1-15-6-4-5-11-25(15)18-9-7-17(8-10-18)23-22(29)24-21(26)16-12-19(27-2)14-20(13-16)28-3/h7-10,12-15H,4-6,11H2,1-3H3,(H2,23,24,26,29)/t15-/m1/s1. The largest absolute Gasteiger partial charge is 0.497 e. The van der Waals surface area contributed by atoms with Crippen LogP contribution in [0.3, 0.4) is 0 Å². The Morgan fingerprint density at radius 3 is 2.31 bits per heavy atom. The highest BCUT2D eigenvalue weighted by atomic mass is 32.1. The normalized spacial score (nSPS) is 16.1. The lowest BCUT2D eigenvalue weighted by atomic mass is 10.0. The Labute approximate surface area is 177 Å². The Morgan fingerprint density at radius 1 is 1.07 bits per heavy atom. The summed E-state index contributed by atoms with van der Waals surface area (Å²) < 4.78 is 10.4. The summed E-state index contributed by atoms with van der Waals surface area (Å²) in [6.07, 6.45) is 3.76. The van der Waals surface area contributed by atoms with Gasteiger partial charge in [0, 0.05) is 35.6 Å². The molecule has 1 aliphatic rings. The van der Waals surface area contributed by atoms with E-state index >= 15 is 0 Å². The second-order valence-electron chi connectivity index (χ2n) is 7.09. The molecule has 1 aliphatic heterocycles. The van der Waals surface area contributed by atoms with Crippen molar-refractivity contribution in [1.29, 1.82) is 0 Å². The van der Waals surface area contributed by atoms with Gasteiger partial charge >= 0.3 is 0 Å². The zero-order valence-corrected chi connectivity index (χ0v) is 17.8. The molecule has 0 spiro atoms. The van der Waals surface area contributed by atoms with Crippen LogP contribution in [0.1, 0.15) is 36.5 Å². The third kappa shape index (κ3) is 5.38. The quantitative estimate of drug-likeness (QED) is 0.716. The second kappa shape index (κ2) is 9.60. The molecule has 1 heterocycles. The Balaban J connectivity index is 1.61. The molecule has 0 radical (unpaired) electrons. The number of benzene rings is 2. The van der Waals surface area contributed by atoms with E-state index in [9.17, 15) is 4.79 Å². The van der Waals surface area contributed by atoms with E-state index in [0.29, 0.717) is 23.1 Å². The van der Waals surface area contributed by atoms with E-state index < -0.39 is 0 Å². The number of hydrogen-bond donors (Lipinski definition) is 2. The van der Waals surface area contributed by atoms with Gasteiger partial charge < -0.3 is 19.7 Å². The van der Waals surface area contributed by atoms with E-state index in [1.807, 2.05) is 12.1 Å². The van der Waals surface area contributed by atoms with Crippen LogP contribution in [0, 0.1) is 0 Å². The Kier molecular flexibility index (Phi) is 6.93. The van der Waals surface area contributed by atoms with E-state index in [-0.39, 0.29) is 11.0 Å². The van der Waals surface area contributed by atoms with Crippen LogP contribution in [0.4, 0.5) is 11.4 Å². The number of carbonyl (C=O) groups is 1. The highest BCUT2D eigenvalue weighted by molar-refractivity contribution is 7.80. The van der Waals surface area contributed by atoms with Crippen LogP contribution < -0.4 is 25.0 Å². The molecule has 6 nitrogen and oxygen atoms in total. The van der Waals surface area contributed by atoms with Gasteiger partial charge in [0.15, 0.2) is 5.11 Å². The predicted octanol–water partition coefficient (Wildman–Crippen LogP) is 4.21. The highest BCUT2D eigenvalue weighted by Crippen LogP contribution is 2.26. The van der Waals surface area contributed by atoms with Crippen LogP contribution in [0.2, 0.25) is 0 Å². The Hall–Kier alpha value is -2.80. The van der Waals surface area contributed by atoms with E-state index in [4.69, 9.17) is 21.7 Å². The van der Waals surface area contributed by atoms with Gasteiger partial charge in [-0.3, -0.25) is 10.1 Å². The van der Waals surface area contributed by atoms with Crippen molar-refractivity contribution in [2.75, 3.05) is 31.0 Å². The molecular formula is C22H27N3O3S. The number of rotatable bonds is 5. The van der Waals surface area contributed by atoms with Crippen molar-refractivity contribution in [3.8, 4) is 11.5 Å². The molecule has 1 saturated heterocycles. The molecule has 1 amide bonds. The summed E-state index contributed by atoms with van der Waals surface area (Å²) in [4.78, 5) is 15.0. The summed E-state index contributed by atoms with van der Waals surface area (Å²) in [6.45, 7) is 3.36. The van der Waals surface area contributed by atoms with Crippen molar-refractivity contribution >= 4 is 34.6 Å². The van der Waals surface area contributed by atoms with Crippen molar-refractivity contribution in [2.24, 2.45) is 0 Å². The number of thiocarbonyl (C=S) groups is 1. The monoisotopic (exact) mass is 413 g/mol. The third-order valence-electron chi connectivity index (χ3n) is 5.10. The van der Waals surface area contributed by atoms with Gasteiger partial charge in [0.25, 0.3) is 5.91 Å². The molecule has 0 saturated carbocycles. The Morgan fingerprint density at radius 2 is 1.72 bits per heavy atom. The van der Waals surface area contributed by atoms with Crippen LogP contribution in [0.25, 0.3) is 0 Å².